The van der Waals surface area contributed by atoms with Crippen LogP contribution < -0.4 is 0 Å². The second kappa shape index (κ2) is 6.95. The van der Waals surface area contributed by atoms with Crippen LogP contribution in [0.1, 0.15) is 38.0 Å². The third-order valence-corrected chi connectivity index (χ3v) is 9.05. The van der Waals surface area contributed by atoms with Gasteiger partial charge in [-0.15, -0.1) is 0 Å². The molecule has 0 spiro atoms. The largest absolute Gasteiger partial charge is 0.399 e. The van der Waals surface area contributed by atoms with Crippen molar-refractivity contribution in [3.05, 3.63) is 65.7 Å². The molecule has 1 unspecified atom stereocenters. The molecule has 0 aliphatic heterocycles. The number of carbonyl (C=O) groups excluding carboxylic acids is 1. The Labute approximate surface area is 144 Å². The molecule has 1 atom stereocenters. The zero-order valence-electron chi connectivity index (χ0n) is 14.9. The average molecular weight is 346 g/mol. The topological polar surface area (TPSA) is 43.5 Å². The number of pyridine rings is 1. The highest BCUT2D eigenvalue weighted by Gasteiger charge is 2.43. The van der Waals surface area contributed by atoms with E-state index in [-0.39, 0.29) is 16.6 Å². The van der Waals surface area contributed by atoms with Gasteiger partial charge in [0.15, 0.2) is 14.4 Å². The van der Waals surface area contributed by atoms with Crippen LogP contribution in [0.5, 0.6) is 0 Å². The molecule has 128 valence electrons. The maximum Gasteiger partial charge on any atom is 0.355 e. The zero-order chi connectivity index (χ0) is 18.0. The van der Waals surface area contributed by atoms with Crippen molar-refractivity contribution in [3.63, 3.8) is 0 Å². The number of nitrogens with zero attached hydrogens (tertiary/aromatic N) is 1. The first-order chi connectivity index (χ1) is 11.1. The highest BCUT2D eigenvalue weighted by atomic mass is 28.4. The van der Waals surface area contributed by atoms with E-state index in [9.17, 15) is 9.18 Å². The molecular weight excluding hydrogens is 321 g/mol. The van der Waals surface area contributed by atoms with Gasteiger partial charge in [0.05, 0.1) is 5.56 Å². The molecule has 1 heterocycles. The van der Waals surface area contributed by atoms with Gasteiger partial charge >= 0.3 is 5.78 Å². The van der Waals surface area contributed by atoms with E-state index in [0.29, 0.717) is 5.56 Å². The average Bonchev–Trinajstić information content (AvgIpc) is 2.52. The van der Waals surface area contributed by atoms with Crippen LogP contribution in [-0.2, 0) is 4.43 Å². The molecule has 1 aromatic carbocycles. The number of benzene rings is 1. The van der Waals surface area contributed by atoms with Gasteiger partial charge in [-0.05, 0) is 60.1 Å². The van der Waals surface area contributed by atoms with Crippen LogP contribution in [0.3, 0.4) is 0 Å². The van der Waals surface area contributed by atoms with Gasteiger partial charge in [0.2, 0.25) is 0 Å². The second-order valence-electron chi connectivity index (χ2n) is 7.43. The lowest BCUT2D eigenvalue weighted by atomic mass is 10.0. The standard InChI is InChI=1S/C19H24FNO2Si/c1-19(2,3)24(4,5)23-18(15-10-12-21-13-11-15)17(22)14-6-8-16(20)9-7-14/h6-13,18H,1-5H3/p+1. The summed E-state index contributed by atoms with van der Waals surface area (Å²) < 4.78 is 19.6. The van der Waals surface area contributed by atoms with Crippen LogP contribution >= 0.6 is 0 Å². The number of aromatic nitrogens is 1. The first-order valence-electron chi connectivity index (χ1n) is 8.01. The Hall–Kier alpha value is -1.85. The first kappa shape index (κ1) is 18.5. The SMILES string of the molecule is CC(C)(C)[Si](C)(C)OC(C(=[OH+])c1ccc(F)cc1)c1ccncc1. The lowest BCUT2D eigenvalue weighted by Crippen LogP contribution is -2.43. The lowest BCUT2D eigenvalue weighted by Gasteiger charge is -2.38. The van der Waals surface area contributed by atoms with E-state index in [0.717, 1.165) is 5.56 Å². The number of ketones is 1. The fourth-order valence-electron chi connectivity index (χ4n) is 2.06. The number of hydrogen-bond acceptors (Lipinski definition) is 2. The Balaban J connectivity index is 2.40. The molecule has 0 amide bonds. The van der Waals surface area contributed by atoms with Gasteiger partial charge in [-0.2, -0.15) is 0 Å². The minimum atomic E-state index is -2.13. The Morgan fingerprint density at radius 3 is 2.12 bits per heavy atom. The van der Waals surface area contributed by atoms with E-state index < -0.39 is 14.4 Å². The van der Waals surface area contributed by atoms with Crippen LogP contribution in [0.2, 0.25) is 18.1 Å². The molecule has 0 saturated carbocycles. The normalized spacial score (nSPS) is 13.6. The van der Waals surface area contributed by atoms with Gasteiger partial charge in [0.25, 0.3) is 0 Å². The predicted molar refractivity (Wildman–Crippen MR) is 97.7 cm³/mol. The van der Waals surface area contributed by atoms with Crippen LogP contribution in [0.15, 0.2) is 48.8 Å². The summed E-state index contributed by atoms with van der Waals surface area (Å²) in [6.45, 7) is 10.7. The van der Waals surface area contributed by atoms with E-state index in [4.69, 9.17) is 4.43 Å². The summed E-state index contributed by atoms with van der Waals surface area (Å²) in [5, 5.41) is 0.00135. The van der Waals surface area contributed by atoms with Crippen molar-refractivity contribution in [1.82, 2.24) is 4.98 Å². The zero-order valence-corrected chi connectivity index (χ0v) is 15.9. The van der Waals surface area contributed by atoms with Gasteiger partial charge in [0.1, 0.15) is 5.82 Å². The molecule has 5 heteroatoms. The minimum absolute atomic E-state index is 0.00135. The number of hydrogen-bond donors (Lipinski definition) is 0. The predicted octanol–water partition coefficient (Wildman–Crippen LogP) is 4.88. The maximum absolute atomic E-state index is 13.2. The van der Waals surface area contributed by atoms with Crippen molar-refractivity contribution >= 4 is 14.1 Å². The highest BCUT2D eigenvalue weighted by Crippen LogP contribution is 2.40. The van der Waals surface area contributed by atoms with Crippen molar-refractivity contribution in [2.24, 2.45) is 0 Å². The molecule has 24 heavy (non-hydrogen) atoms. The van der Waals surface area contributed by atoms with E-state index >= 15 is 0 Å². The Bertz CT molecular complexity index is 694. The van der Waals surface area contributed by atoms with Crippen LogP contribution in [0, 0.1) is 5.82 Å². The van der Waals surface area contributed by atoms with Gasteiger partial charge in [-0.1, -0.05) is 20.8 Å². The van der Waals surface area contributed by atoms with Gasteiger partial charge in [-0.3, -0.25) is 9.78 Å². The van der Waals surface area contributed by atoms with Gasteiger partial charge in [-0.25, -0.2) is 4.39 Å². The van der Waals surface area contributed by atoms with E-state index in [1.54, 1.807) is 24.5 Å². The highest BCUT2D eigenvalue weighted by molar-refractivity contribution is 6.74. The molecule has 1 N–H and O–H groups in total. The maximum atomic E-state index is 13.2. The monoisotopic (exact) mass is 346 g/mol. The summed E-state index contributed by atoms with van der Waals surface area (Å²) in [6.07, 6.45) is 2.75. The summed E-state index contributed by atoms with van der Waals surface area (Å²) in [4.78, 5) is 14.9. The molecule has 0 bridgehead atoms. The van der Waals surface area contributed by atoms with Crippen molar-refractivity contribution in [3.8, 4) is 0 Å². The van der Waals surface area contributed by atoms with Crippen molar-refractivity contribution in [1.29, 1.82) is 0 Å². The van der Waals surface area contributed by atoms with Crippen molar-refractivity contribution < 1.29 is 13.6 Å². The molecule has 0 radical (unpaired) electrons. The molecule has 0 fully saturated rings. The lowest BCUT2D eigenvalue weighted by molar-refractivity contribution is 0.238. The molecule has 3 nitrogen and oxygen atoms in total. The van der Waals surface area contributed by atoms with Crippen molar-refractivity contribution in [2.75, 3.05) is 0 Å². The molecule has 2 aromatic rings. The fraction of sp³-hybridized carbons (Fsp3) is 0.368. The Morgan fingerprint density at radius 2 is 1.62 bits per heavy atom. The first-order valence-corrected chi connectivity index (χ1v) is 10.9. The summed E-state index contributed by atoms with van der Waals surface area (Å²) >= 11 is 0. The van der Waals surface area contributed by atoms with E-state index in [1.165, 1.54) is 12.1 Å². The summed E-state index contributed by atoms with van der Waals surface area (Å²) in [7, 11) is -2.13. The third-order valence-electron chi connectivity index (χ3n) is 4.62. The van der Waals surface area contributed by atoms with Crippen LogP contribution in [-0.4, -0.2) is 23.9 Å². The molecular formula is C19H25FNO2Si+. The van der Waals surface area contributed by atoms with Crippen LogP contribution in [0.25, 0.3) is 0 Å². The fourth-order valence-corrected chi connectivity index (χ4v) is 3.25. The minimum Gasteiger partial charge on any atom is -0.399 e. The second-order valence-corrected chi connectivity index (χ2v) is 12.2. The molecule has 1 aromatic heterocycles. The van der Waals surface area contributed by atoms with Gasteiger partial charge in [0, 0.05) is 12.4 Å². The molecule has 0 aliphatic carbocycles. The summed E-state index contributed by atoms with van der Waals surface area (Å²) in [5.74, 6) is -0.247. The Morgan fingerprint density at radius 1 is 1.08 bits per heavy atom. The number of rotatable bonds is 5. The molecule has 0 saturated heterocycles. The smallest absolute Gasteiger partial charge is 0.355 e. The quantitative estimate of drug-likeness (QED) is 0.440. The Kier molecular flexibility index (Phi) is 5.35. The van der Waals surface area contributed by atoms with Crippen molar-refractivity contribution in [2.45, 2.75) is 45.0 Å². The summed E-state index contributed by atoms with van der Waals surface area (Å²) in [6, 6.07) is 9.46. The summed E-state index contributed by atoms with van der Waals surface area (Å²) in [5.41, 5.74) is 1.38. The molecule has 0 aliphatic rings. The third kappa shape index (κ3) is 4.16. The van der Waals surface area contributed by atoms with E-state index in [1.807, 2.05) is 12.1 Å². The molecule has 2 rings (SSSR count). The van der Waals surface area contributed by atoms with E-state index in [2.05, 4.69) is 38.8 Å². The van der Waals surface area contributed by atoms with Crippen LogP contribution in [0.4, 0.5) is 4.39 Å². The van der Waals surface area contributed by atoms with Gasteiger partial charge < -0.3 is 4.43 Å². The number of halogens is 1.